The van der Waals surface area contributed by atoms with E-state index in [-0.39, 0.29) is 61.1 Å². The summed E-state index contributed by atoms with van der Waals surface area (Å²) in [6, 6.07) is 14.8. The maximum absolute atomic E-state index is 15.0. The second-order valence-corrected chi connectivity index (χ2v) is 10.8. The molecule has 8 nitrogen and oxygen atoms in total. The van der Waals surface area contributed by atoms with Gasteiger partial charge in [-0.2, -0.15) is 5.26 Å². The molecule has 3 atom stereocenters. The molecule has 0 spiro atoms. The van der Waals surface area contributed by atoms with Crippen molar-refractivity contribution in [1.29, 1.82) is 5.26 Å². The Morgan fingerprint density at radius 3 is 2.48 bits per heavy atom. The van der Waals surface area contributed by atoms with Crippen molar-refractivity contribution in [2.45, 2.75) is 38.1 Å². The van der Waals surface area contributed by atoms with Crippen LogP contribution in [0.2, 0.25) is 0 Å². The van der Waals surface area contributed by atoms with Crippen LogP contribution < -0.4 is 4.90 Å². The molecule has 2 amide bonds. The molecule has 2 aliphatic heterocycles. The van der Waals surface area contributed by atoms with Crippen molar-refractivity contribution in [3.8, 4) is 6.07 Å². The average molecular weight is 577 g/mol. The molecular weight excluding hydrogens is 545 g/mol. The third-order valence-corrected chi connectivity index (χ3v) is 8.23. The Morgan fingerprint density at radius 1 is 0.976 bits per heavy atom. The van der Waals surface area contributed by atoms with Crippen molar-refractivity contribution in [3.05, 3.63) is 88.9 Å². The molecule has 218 valence electrons. The number of benzene rings is 2. The van der Waals surface area contributed by atoms with Gasteiger partial charge in [0.15, 0.2) is 11.5 Å². The lowest BCUT2D eigenvalue weighted by Crippen LogP contribution is -2.50. The molecule has 3 unspecified atom stereocenters. The zero-order valence-electron chi connectivity index (χ0n) is 23.2. The molecule has 2 saturated heterocycles. The van der Waals surface area contributed by atoms with Crippen LogP contribution in [0.15, 0.2) is 54.6 Å². The first-order valence-corrected chi connectivity index (χ1v) is 14.0. The molecule has 1 aromatic heterocycles. The van der Waals surface area contributed by atoms with Crippen molar-refractivity contribution in [2.24, 2.45) is 5.92 Å². The van der Waals surface area contributed by atoms with Gasteiger partial charge in [0.25, 0.3) is 0 Å². The Bertz CT molecular complexity index is 1490. The zero-order valence-corrected chi connectivity index (χ0v) is 23.2. The highest BCUT2D eigenvalue weighted by atomic mass is 19.1. The van der Waals surface area contributed by atoms with Gasteiger partial charge in [-0.3, -0.25) is 9.59 Å². The summed E-state index contributed by atoms with van der Waals surface area (Å²) in [5, 5.41) is 17.1. The first-order chi connectivity index (χ1) is 20.2. The Morgan fingerprint density at radius 2 is 1.79 bits per heavy atom. The summed E-state index contributed by atoms with van der Waals surface area (Å²) < 4.78 is 43.1. The third-order valence-electron chi connectivity index (χ3n) is 8.23. The van der Waals surface area contributed by atoms with E-state index in [1.807, 2.05) is 11.0 Å². The molecule has 0 radical (unpaired) electrons. The first kappa shape index (κ1) is 29.0. The third kappa shape index (κ3) is 6.22. The van der Waals surface area contributed by atoms with Crippen LogP contribution in [0, 0.1) is 34.7 Å². The monoisotopic (exact) mass is 576 g/mol. The number of nitrogens with zero attached hydrogens (tertiary/aromatic N) is 6. The zero-order chi connectivity index (χ0) is 29.8. The Labute approximate surface area is 242 Å². The molecule has 5 rings (SSSR count). The van der Waals surface area contributed by atoms with Gasteiger partial charge >= 0.3 is 0 Å². The van der Waals surface area contributed by atoms with Crippen molar-refractivity contribution in [3.63, 3.8) is 0 Å². The lowest BCUT2D eigenvalue weighted by molar-refractivity contribution is -0.139. The van der Waals surface area contributed by atoms with Gasteiger partial charge in [0, 0.05) is 57.7 Å². The van der Waals surface area contributed by atoms with E-state index in [1.165, 1.54) is 31.2 Å². The summed E-state index contributed by atoms with van der Waals surface area (Å²) in [5.41, 5.74) is 0.931. The van der Waals surface area contributed by atoms with Crippen molar-refractivity contribution >= 4 is 17.6 Å². The second-order valence-electron chi connectivity index (χ2n) is 10.8. The molecule has 3 aromatic rings. The van der Waals surface area contributed by atoms with Gasteiger partial charge in [-0.25, -0.2) is 13.2 Å². The number of hydrogen-bond acceptors (Lipinski definition) is 6. The molecule has 42 heavy (non-hydrogen) atoms. The number of nitriles is 1. The fourth-order valence-corrected chi connectivity index (χ4v) is 6.11. The van der Waals surface area contributed by atoms with Crippen LogP contribution >= 0.6 is 0 Å². The van der Waals surface area contributed by atoms with E-state index in [0.29, 0.717) is 37.2 Å². The van der Waals surface area contributed by atoms with E-state index >= 15 is 4.39 Å². The van der Waals surface area contributed by atoms with E-state index in [0.717, 1.165) is 6.07 Å². The number of amides is 2. The van der Waals surface area contributed by atoms with Crippen LogP contribution in [-0.2, 0) is 16.0 Å². The molecule has 11 heteroatoms. The van der Waals surface area contributed by atoms with E-state index in [4.69, 9.17) is 5.26 Å². The molecule has 0 N–H and O–H groups in total. The summed E-state index contributed by atoms with van der Waals surface area (Å²) in [7, 11) is 0. The second kappa shape index (κ2) is 12.6. The van der Waals surface area contributed by atoms with E-state index in [1.54, 1.807) is 34.1 Å². The minimum absolute atomic E-state index is 0.149. The van der Waals surface area contributed by atoms with Gasteiger partial charge in [0.1, 0.15) is 23.5 Å². The predicted molar refractivity (Wildman–Crippen MR) is 149 cm³/mol. The summed E-state index contributed by atoms with van der Waals surface area (Å²) in [6.45, 7) is 2.94. The summed E-state index contributed by atoms with van der Waals surface area (Å²) in [4.78, 5) is 32.0. The minimum atomic E-state index is -0.725. The molecule has 0 bridgehead atoms. The van der Waals surface area contributed by atoms with Crippen LogP contribution in [0.1, 0.15) is 42.5 Å². The number of carbonyl (C=O) groups is 2. The van der Waals surface area contributed by atoms with Crippen molar-refractivity contribution < 1.29 is 22.8 Å². The van der Waals surface area contributed by atoms with Crippen LogP contribution in [0.5, 0.6) is 0 Å². The summed E-state index contributed by atoms with van der Waals surface area (Å²) in [6.07, 6.45) is 1.57. The Kier molecular flexibility index (Phi) is 8.71. The molecule has 0 saturated carbocycles. The highest BCUT2D eigenvalue weighted by Gasteiger charge is 2.42. The minimum Gasteiger partial charge on any atom is -0.354 e. The van der Waals surface area contributed by atoms with Crippen LogP contribution in [-0.4, -0.2) is 70.6 Å². The van der Waals surface area contributed by atoms with Gasteiger partial charge < -0.3 is 14.7 Å². The number of rotatable bonds is 5. The van der Waals surface area contributed by atoms with Crippen LogP contribution in [0.3, 0.4) is 0 Å². The van der Waals surface area contributed by atoms with Gasteiger partial charge in [0.05, 0.1) is 5.92 Å². The Hall–Kier alpha value is -4.46. The molecule has 3 heterocycles. The predicted octanol–water partition coefficient (Wildman–Crippen LogP) is 4.07. The number of halogens is 3. The lowest BCUT2D eigenvalue weighted by atomic mass is 9.87. The number of anilines is 1. The molecule has 2 aliphatic rings. The molecule has 2 aromatic carbocycles. The summed E-state index contributed by atoms with van der Waals surface area (Å²) in [5.74, 6) is -2.88. The van der Waals surface area contributed by atoms with Gasteiger partial charge in [-0.15, -0.1) is 10.2 Å². The van der Waals surface area contributed by atoms with Crippen LogP contribution in [0.4, 0.5) is 19.0 Å². The molecular formula is C31H31F3N6O2. The quantitative estimate of drug-likeness (QED) is 0.455. The number of hydrogen-bond donors (Lipinski definition) is 0. The first-order valence-electron chi connectivity index (χ1n) is 14.0. The standard InChI is InChI=1S/C31H31F3N6O2/c1-20(41)40-14-13-38(12-4-6-24(40)15-21-5-2-3-7-28(21)33)31(42)27-19-39(30-11-9-23(17-35)36-37-30)18-26(27)25-10-8-22(32)16-29(25)34/h2-3,5,7-11,16,24,26-27H,4,6,12-15,18-19H2,1H3. The van der Waals surface area contributed by atoms with E-state index in [2.05, 4.69) is 10.2 Å². The summed E-state index contributed by atoms with van der Waals surface area (Å²) >= 11 is 0. The maximum Gasteiger partial charge on any atom is 0.228 e. The van der Waals surface area contributed by atoms with Gasteiger partial charge in [0.2, 0.25) is 11.8 Å². The van der Waals surface area contributed by atoms with Crippen molar-refractivity contribution in [2.75, 3.05) is 37.6 Å². The van der Waals surface area contributed by atoms with E-state index < -0.39 is 23.5 Å². The maximum atomic E-state index is 15.0. The fraction of sp³-hybridized carbons (Fsp3) is 0.387. The lowest BCUT2D eigenvalue weighted by Gasteiger charge is -2.37. The smallest absolute Gasteiger partial charge is 0.228 e. The van der Waals surface area contributed by atoms with Crippen molar-refractivity contribution in [1.82, 2.24) is 20.0 Å². The van der Waals surface area contributed by atoms with Gasteiger partial charge in [-0.1, -0.05) is 24.3 Å². The Balaban J connectivity index is 1.37. The molecule has 0 aliphatic carbocycles. The number of aromatic nitrogens is 2. The average Bonchev–Trinajstić information content (AvgIpc) is 3.40. The highest BCUT2D eigenvalue weighted by molar-refractivity contribution is 5.82. The molecule has 2 fully saturated rings. The number of carbonyl (C=O) groups excluding carboxylic acids is 2. The fourth-order valence-electron chi connectivity index (χ4n) is 6.11. The normalized spacial score (nSPS) is 21.0. The highest BCUT2D eigenvalue weighted by Crippen LogP contribution is 2.37. The van der Waals surface area contributed by atoms with Crippen LogP contribution in [0.25, 0.3) is 0 Å². The largest absolute Gasteiger partial charge is 0.354 e. The van der Waals surface area contributed by atoms with Gasteiger partial charge in [-0.05, 0) is 54.7 Å². The SMILES string of the molecule is CC(=O)N1CCN(C(=O)C2CN(c3ccc(C#N)nn3)CC2c2ccc(F)cc2F)CCCC1Cc1ccccc1F. The van der Waals surface area contributed by atoms with E-state index in [9.17, 15) is 18.4 Å². The topological polar surface area (TPSA) is 93.4 Å².